The molecule has 0 radical (unpaired) electrons. The first-order chi connectivity index (χ1) is 8.56. The van der Waals surface area contributed by atoms with Crippen molar-refractivity contribution >= 4 is 29.1 Å². The number of halogens is 1. The summed E-state index contributed by atoms with van der Waals surface area (Å²) in [5.74, 6) is -0.534. The Bertz CT molecular complexity index is 546. The summed E-state index contributed by atoms with van der Waals surface area (Å²) in [5, 5.41) is 12.7. The number of carbonyl (C=O) groups excluding carboxylic acids is 2. The van der Waals surface area contributed by atoms with Crippen molar-refractivity contribution in [2.75, 3.05) is 11.9 Å². The Morgan fingerprint density at radius 1 is 1.39 bits per heavy atom. The smallest absolute Gasteiger partial charge is 0.256 e. The molecule has 3 rings (SSSR count). The van der Waals surface area contributed by atoms with E-state index in [1.807, 2.05) is 0 Å². The van der Waals surface area contributed by atoms with Crippen LogP contribution in [0.15, 0.2) is 18.2 Å². The van der Waals surface area contributed by atoms with E-state index in [0.29, 0.717) is 16.3 Å². The van der Waals surface area contributed by atoms with Crippen molar-refractivity contribution in [2.45, 2.75) is 18.6 Å². The highest BCUT2D eigenvalue weighted by Gasteiger charge is 2.42. The van der Waals surface area contributed by atoms with Gasteiger partial charge in [-0.15, -0.1) is 0 Å². The summed E-state index contributed by atoms with van der Waals surface area (Å²) in [6.07, 6.45) is -0.371. The van der Waals surface area contributed by atoms with E-state index < -0.39 is 12.1 Å². The molecule has 0 saturated carbocycles. The molecule has 1 fully saturated rings. The fraction of sp³-hybridized carbons (Fsp3) is 0.333. The molecule has 1 aromatic rings. The van der Waals surface area contributed by atoms with Gasteiger partial charge in [0.05, 0.1) is 17.4 Å². The Kier molecular flexibility index (Phi) is 2.53. The molecule has 0 spiro atoms. The number of carbonyl (C=O) groups is 2. The van der Waals surface area contributed by atoms with Gasteiger partial charge in [-0.25, -0.2) is 0 Å². The van der Waals surface area contributed by atoms with Gasteiger partial charge in [0.1, 0.15) is 6.04 Å². The van der Waals surface area contributed by atoms with E-state index in [1.165, 1.54) is 11.0 Å². The third-order valence-corrected chi connectivity index (χ3v) is 3.55. The molecule has 2 aliphatic rings. The lowest BCUT2D eigenvalue weighted by molar-refractivity contribution is -0.119. The van der Waals surface area contributed by atoms with Crippen LogP contribution in [0.3, 0.4) is 0 Å². The summed E-state index contributed by atoms with van der Waals surface area (Å²) in [6, 6.07) is 4.18. The van der Waals surface area contributed by atoms with Crippen LogP contribution in [0.1, 0.15) is 16.8 Å². The molecular weight excluding hydrogens is 256 g/mol. The van der Waals surface area contributed by atoms with E-state index in [0.717, 1.165) is 0 Å². The topological polar surface area (TPSA) is 69.6 Å². The van der Waals surface area contributed by atoms with Crippen LogP contribution in [-0.2, 0) is 4.79 Å². The minimum absolute atomic E-state index is 0.183. The van der Waals surface area contributed by atoms with Crippen molar-refractivity contribution < 1.29 is 14.7 Å². The highest BCUT2D eigenvalue weighted by Crippen LogP contribution is 2.30. The second-order valence-electron chi connectivity index (χ2n) is 4.54. The molecule has 6 heteroatoms. The van der Waals surface area contributed by atoms with Crippen LogP contribution in [0.25, 0.3) is 0 Å². The van der Waals surface area contributed by atoms with Gasteiger partial charge in [-0.1, -0.05) is 11.6 Å². The SMILES string of the molecule is O=C1Nc2ccc(Cl)cc2C(=O)N2C[C@H](O)C[C@@H]12. The fourth-order valence-corrected chi connectivity index (χ4v) is 2.63. The monoisotopic (exact) mass is 266 g/mol. The van der Waals surface area contributed by atoms with Crippen LogP contribution in [0.2, 0.25) is 5.02 Å². The molecule has 1 saturated heterocycles. The van der Waals surface area contributed by atoms with E-state index in [9.17, 15) is 14.7 Å². The van der Waals surface area contributed by atoms with Crippen molar-refractivity contribution in [3.05, 3.63) is 28.8 Å². The highest BCUT2D eigenvalue weighted by molar-refractivity contribution is 6.31. The Balaban J connectivity index is 2.09. The first kappa shape index (κ1) is 11.5. The van der Waals surface area contributed by atoms with Gasteiger partial charge >= 0.3 is 0 Å². The number of fused-ring (bicyclic) bond motifs is 2. The number of nitrogens with zero attached hydrogens (tertiary/aromatic N) is 1. The molecule has 2 heterocycles. The quantitative estimate of drug-likeness (QED) is 0.732. The molecule has 0 bridgehead atoms. The van der Waals surface area contributed by atoms with Crippen molar-refractivity contribution in [1.82, 2.24) is 4.90 Å². The number of aliphatic hydroxyl groups excluding tert-OH is 1. The Morgan fingerprint density at radius 2 is 2.17 bits per heavy atom. The first-order valence-electron chi connectivity index (χ1n) is 5.65. The van der Waals surface area contributed by atoms with Crippen LogP contribution in [0.4, 0.5) is 5.69 Å². The van der Waals surface area contributed by atoms with Gasteiger partial charge in [-0.05, 0) is 18.2 Å². The van der Waals surface area contributed by atoms with Gasteiger partial charge in [0, 0.05) is 18.0 Å². The van der Waals surface area contributed by atoms with Crippen LogP contribution in [-0.4, -0.2) is 40.5 Å². The van der Waals surface area contributed by atoms with E-state index >= 15 is 0 Å². The summed E-state index contributed by atoms with van der Waals surface area (Å²) in [4.78, 5) is 25.7. The van der Waals surface area contributed by atoms with Crippen LogP contribution < -0.4 is 5.32 Å². The number of rotatable bonds is 0. The number of anilines is 1. The van der Waals surface area contributed by atoms with Gasteiger partial charge in [0.25, 0.3) is 5.91 Å². The Morgan fingerprint density at radius 3 is 2.94 bits per heavy atom. The van der Waals surface area contributed by atoms with Gasteiger partial charge in [-0.3, -0.25) is 9.59 Å². The Labute approximate surface area is 108 Å². The third kappa shape index (κ3) is 1.67. The van der Waals surface area contributed by atoms with E-state index in [2.05, 4.69) is 5.32 Å². The van der Waals surface area contributed by atoms with E-state index in [-0.39, 0.29) is 24.8 Å². The number of amides is 2. The maximum atomic E-state index is 12.3. The standard InChI is InChI=1S/C12H11ClN2O3/c13-6-1-2-9-8(3-6)12(18)15-5-7(16)4-10(15)11(17)14-9/h1-3,7,10,16H,4-5H2,(H,14,17)/t7-,10+/m1/s1. The summed E-state index contributed by atoms with van der Waals surface area (Å²) in [7, 11) is 0. The summed E-state index contributed by atoms with van der Waals surface area (Å²) in [6.45, 7) is 0.183. The molecule has 18 heavy (non-hydrogen) atoms. The summed E-state index contributed by atoms with van der Waals surface area (Å²) in [5.41, 5.74) is 0.839. The van der Waals surface area contributed by atoms with Crippen molar-refractivity contribution in [2.24, 2.45) is 0 Å². The maximum Gasteiger partial charge on any atom is 0.256 e. The molecule has 2 amide bonds. The maximum absolute atomic E-state index is 12.3. The van der Waals surface area contributed by atoms with E-state index in [1.54, 1.807) is 12.1 Å². The zero-order valence-electron chi connectivity index (χ0n) is 9.39. The zero-order chi connectivity index (χ0) is 12.9. The lowest BCUT2D eigenvalue weighted by Gasteiger charge is -2.19. The summed E-state index contributed by atoms with van der Waals surface area (Å²) >= 11 is 5.87. The third-order valence-electron chi connectivity index (χ3n) is 3.31. The largest absolute Gasteiger partial charge is 0.391 e. The van der Waals surface area contributed by atoms with Crippen LogP contribution in [0.5, 0.6) is 0 Å². The molecule has 0 unspecified atom stereocenters. The number of benzene rings is 1. The van der Waals surface area contributed by atoms with Gasteiger partial charge < -0.3 is 15.3 Å². The number of aliphatic hydroxyl groups is 1. The molecule has 1 aromatic carbocycles. The molecule has 5 nitrogen and oxygen atoms in total. The molecule has 0 aromatic heterocycles. The second-order valence-corrected chi connectivity index (χ2v) is 4.98. The minimum Gasteiger partial charge on any atom is -0.391 e. The Hall–Kier alpha value is -1.59. The second kappa shape index (κ2) is 3.96. The van der Waals surface area contributed by atoms with Gasteiger partial charge in [-0.2, -0.15) is 0 Å². The molecule has 2 N–H and O–H groups in total. The molecule has 2 aliphatic heterocycles. The predicted octanol–water partition coefficient (Wildman–Crippen LogP) is 0.867. The van der Waals surface area contributed by atoms with Crippen molar-refractivity contribution in [3.8, 4) is 0 Å². The number of nitrogens with one attached hydrogen (secondary N) is 1. The summed E-state index contributed by atoms with van der Waals surface area (Å²) < 4.78 is 0. The van der Waals surface area contributed by atoms with Crippen molar-refractivity contribution in [1.29, 1.82) is 0 Å². The van der Waals surface area contributed by atoms with Crippen LogP contribution >= 0.6 is 11.6 Å². The molecule has 2 atom stereocenters. The lowest BCUT2D eigenvalue weighted by atomic mass is 10.1. The predicted molar refractivity (Wildman–Crippen MR) is 65.5 cm³/mol. The average molecular weight is 267 g/mol. The molecular formula is C12H11ClN2O3. The van der Waals surface area contributed by atoms with Crippen molar-refractivity contribution in [3.63, 3.8) is 0 Å². The number of hydrogen-bond donors (Lipinski definition) is 2. The van der Waals surface area contributed by atoms with Crippen LogP contribution in [0, 0.1) is 0 Å². The normalized spacial score (nSPS) is 26.4. The molecule has 94 valence electrons. The highest BCUT2D eigenvalue weighted by atomic mass is 35.5. The first-order valence-corrected chi connectivity index (χ1v) is 6.03. The zero-order valence-corrected chi connectivity index (χ0v) is 10.1. The van der Waals surface area contributed by atoms with E-state index in [4.69, 9.17) is 11.6 Å². The molecule has 0 aliphatic carbocycles. The van der Waals surface area contributed by atoms with Gasteiger partial charge in [0.15, 0.2) is 0 Å². The average Bonchev–Trinajstić information content (AvgIpc) is 2.69. The number of hydrogen-bond acceptors (Lipinski definition) is 3. The fourth-order valence-electron chi connectivity index (χ4n) is 2.46. The van der Waals surface area contributed by atoms with Gasteiger partial charge in [0.2, 0.25) is 5.91 Å². The minimum atomic E-state index is -0.648. The lowest BCUT2D eigenvalue weighted by Crippen LogP contribution is -2.40.